The van der Waals surface area contributed by atoms with Gasteiger partial charge >= 0.3 is 12.1 Å². The van der Waals surface area contributed by atoms with Gasteiger partial charge in [-0.3, -0.25) is 9.59 Å². The van der Waals surface area contributed by atoms with Crippen molar-refractivity contribution in [2.75, 3.05) is 6.54 Å². The number of nitrogens with zero attached hydrogens (tertiary/aromatic N) is 1. The first-order chi connectivity index (χ1) is 9.69. The van der Waals surface area contributed by atoms with E-state index >= 15 is 0 Å². The van der Waals surface area contributed by atoms with Gasteiger partial charge in [-0.2, -0.15) is 0 Å². The van der Waals surface area contributed by atoms with Gasteiger partial charge in [0.15, 0.2) is 0 Å². The lowest BCUT2D eigenvalue weighted by molar-refractivity contribution is -0.140. The number of hydrogen-bond acceptors (Lipinski definition) is 4. The quantitative estimate of drug-likeness (QED) is 0.806. The second kappa shape index (κ2) is 7.28. The van der Waals surface area contributed by atoms with Crippen molar-refractivity contribution in [3.8, 4) is 0 Å². The zero-order chi connectivity index (χ0) is 16.0. The van der Waals surface area contributed by atoms with E-state index in [2.05, 4.69) is 5.32 Å². The number of carboxylic acids is 1. The summed E-state index contributed by atoms with van der Waals surface area (Å²) in [4.78, 5) is 36.1. The van der Waals surface area contributed by atoms with Crippen molar-refractivity contribution in [3.05, 3.63) is 0 Å². The summed E-state index contributed by atoms with van der Waals surface area (Å²) in [6.07, 6.45) is 0.878. The highest BCUT2D eigenvalue weighted by Crippen LogP contribution is 2.16. The summed E-state index contributed by atoms with van der Waals surface area (Å²) in [5, 5.41) is 11.4. The summed E-state index contributed by atoms with van der Waals surface area (Å²) in [6.45, 7) is 5.75. The molecule has 0 aliphatic carbocycles. The molecule has 0 spiro atoms. The van der Waals surface area contributed by atoms with Crippen LogP contribution >= 0.6 is 0 Å². The van der Waals surface area contributed by atoms with Gasteiger partial charge in [0.05, 0.1) is 0 Å². The fourth-order valence-electron chi connectivity index (χ4n) is 2.17. The van der Waals surface area contributed by atoms with Gasteiger partial charge in [-0.05, 0) is 40.0 Å². The minimum atomic E-state index is -0.963. The molecule has 1 aliphatic heterocycles. The molecule has 21 heavy (non-hydrogen) atoms. The summed E-state index contributed by atoms with van der Waals surface area (Å²) in [5.41, 5.74) is -0.645. The Kier molecular flexibility index (Phi) is 5.99. The summed E-state index contributed by atoms with van der Waals surface area (Å²) in [7, 11) is 0. The van der Waals surface area contributed by atoms with Crippen molar-refractivity contribution >= 4 is 18.0 Å². The van der Waals surface area contributed by atoms with Crippen LogP contribution in [0.5, 0.6) is 0 Å². The average Bonchev–Trinajstić information content (AvgIpc) is 2.33. The number of carbonyl (C=O) groups is 3. The molecule has 0 aromatic rings. The number of amides is 2. The summed E-state index contributed by atoms with van der Waals surface area (Å²) < 4.78 is 5.17. The van der Waals surface area contributed by atoms with E-state index in [1.165, 1.54) is 4.90 Å². The van der Waals surface area contributed by atoms with Crippen LogP contribution in [0.25, 0.3) is 0 Å². The number of aliphatic carboxylic acids is 1. The van der Waals surface area contributed by atoms with Crippen molar-refractivity contribution in [1.82, 2.24) is 10.2 Å². The van der Waals surface area contributed by atoms with Crippen LogP contribution in [0, 0.1) is 0 Å². The van der Waals surface area contributed by atoms with Gasteiger partial charge in [0, 0.05) is 19.4 Å². The summed E-state index contributed by atoms with van der Waals surface area (Å²) in [5.74, 6) is -1.02. The average molecular weight is 300 g/mol. The number of ether oxygens (including phenoxy) is 1. The second-order valence-electron chi connectivity index (χ2n) is 6.14. The predicted molar refractivity (Wildman–Crippen MR) is 75.6 cm³/mol. The van der Waals surface area contributed by atoms with E-state index in [-0.39, 0.29) is 18.7 Å². The van der Waals surface area contributed by atoms with Gasteiger partial charge in [0.25, 0.3) is 0 Å². The first kappa shape index (κ1) is 17.3. The Morgan fingerprint density at radius 3 is 2.57 bits per heavy atom. The van der Waals surface area contributed by atoms with Gasteiger partial charge in [-0.15, -0.1) is 0 Å². The van der Waals surface area contributed by atoms with Crippen LogP contribution in [0.1, 0.15) is 52.9 Å². The molecule has 1 rings (SSSR count). The number of rotatable bonds is 5. The Balaban J connectivity index is 2.69. The van der Waals surface area contributed by atoms with Crippen LogP contribution in [0.15, 0.2) is 0 Å². The molecule has 0 saturated carbocycles. The first-order valence-corrected chi connectivity index (χ1v) is 7.20. The molecule has 2 amide bonds. The van der Waals surface area contributed by atoms with Gasteiger partial charge in [0.2, 0.25) is 5.91 Å². The fraction of sp³-hybridized carbons (Fsp3) is 0.786. The summed E-state index contributed by atoms with van der Waals surface area (Å²) >= 11 is 0. The topological polar surface area (TPSA) is 95.9 Å². The third-order valence-electron chi connectivity index (χ3n) is 3.05. The zero-order valence-corrected chi connectivity index (χ0v) is 12.8. The number of hydrogen-bond donors (Lipinski definition) is 2. The standard InChI is InChI=1S/C14H24N2O5/c1-14(2,3)21-13(20)15-10(7-8-12(18)19)16-9-5-4-6-11(16)17/h10H,4-9H2,1-3H3,(H,15,20)(H,18,19). The van der Waals surface area contributed by atoms with Crippen LogP contribution in [-0.2, 0) is 14.3 Å². The normalized spacial score (nSPS) is 17.3. The molecule has 0 aromatic carbocycles. The number of alkyl carbamates (subject to hydrolysis) is 1. The third kappa shape index (κ3) is 6.46. The van der Waals surface area contributed by atoms with E-state index in [4.69, 9.17) is 9.84 Å². The summed E-state index contributed by atoms with van der Waals surface area (Å²) in [6, 6.07) is 0. The molecule has 1 atom stereocenters. The van der Waals surface area contributed by atoms with E-state index in [9.17, 15) is 14.4 Å². The van der Waals surface area contributed by atoms with Crippen molar-refractivity contribution in [3.63, 3.8) is 0 Å². The van der Waals surface area contributed by atoms with Gasteiger partial charge < -0.3 is 20.1 Å². The molecule has 2 N–H and O–H groups in total. The molecule has 0 radical (unpaired) electrons. The molecule has 7 heteroatoms. The molecule has 1 saturated heterocycles. The molecule has 1 unspecified atom stereocenters. The number of carbonyl (C=O) groups excluding carboxylic acids is 2. The molecule has 1 heterocycles. The highest BCUT2D eigenvalue weighted by Gasteiger charge is 2.29. The minimum Gasteiger partial charge on any atom is -0.481 e. The number of carboxylic acid groups (broad SMARTS) is 1. The molecular formula is C14H24N2O5. The number of likely N-dealkylation sites (tertiary alicyclic amines) is 1. The molecule has 0 aromatic heterocycles. The van der Waals surface area contributed by atoms with Gasteiger partial charge in [-0.25, -0.2) is 4.79 Å². The number of nitrogens with one attached hydrogen (secondary N) is 1. The largest absolute Gasteiger partial charge is 0.481 e. The maximum Gasteiger partial charge on any atom is 0.409 e. The predicted octanol–water partition coefficient (Wildman–Crippen LogP) is 1.71. The molecular weight excluding hydrogens is 276 g/mol. The third-order valence-corrected chi connectivity index (χ3v) is 3.05. The zero-order valence-electron chi connectivity index (χ0n) is 12.8. The Bertz CT molecular complexity index is 403. The molecule has 1 fully saturated rings. The van der Waals surface area contributed by atoms with Crippen LogP contribution in [-0.4, -0.2) is 46.3 Å². The lowest BCUT2D eigenvalue weighted by Crippen LogP contribution is -2.53. The van der Waals surface area contributed by atoms with Crippen molar-refractivity contribution < 1.29 is 24.2 Å². The van der Waals surface area contributed by atoms with Crippen LogP contribution in [0.2, 0.25) is 0 Å². The van der Waals surface area contributed by atoms with Crippen LogP contribution in [0.4, 0.5) is 4.79 Å². The number of piperidine rings is 1. The molecule has 120 valence electrons. The molecule has 7 nitrogen and oxygen atoms in total. The van der Waals surface area contributed by atoms with E-state index in [0.717, 1.165) is 12.8 Å². The SMILES string of the molecule is CC(C)(C)OC(=O)NC(CCC(=O)O)N1CCCCC1=O. The van der Waals surface area contributed by atoms with E-state index < -0.39 is 23.8 Å². The Morgan fingerprint density at radius 2 is 2.05 bits per heavy atom. The fourth-order valence-corrected chi connectivity index (χ4v) is 2.17. The lowest BCUT2D eigenvalue weighted by atomic mass is 10.1. The second-order valence-corrected chi connectivity index (χ2v) is 6.14. The minimum absolute atomic E-state index is 0.0623. The molecule has 1 aliphatic rings. The van der Waals surface area contributed by atoms with Crippen molar-refractivity contribution in [1.29, 1.82) is 0 Å². The van der Waals surface area contributed by atoms with Crippen molar-refractivity contribution in [2.45, 2.75) is 64.6 Å². The molecule has 0 bridgehead atoms. The maximum absolute atomic E-state index is 11.9. The van der Waals surface area contributed by atoms with Crippen LogP contribution < -0.4 is 5.32 Å². The Labute approximate surface area is 124 Å². The Morgan fingerprint density at radius 1 is 1.38 bits per heavy atom. The van der Waals surface area contributed by atoms with E-state index in [0.29, 0.717) is 13.0 Å². The maximum atomic E-state index is 11.9. The first-order valence-electron chi connectivity index (χ1n) is 7.20. The monoisotopic (exact) mass is 300 g/mol. The Hall–Kier alpha value is -1.79. The highest BCUT2D eigenvalue weighted by molar-refractivity contribution is 5.78. The highest BCUT2D eigenvalue weighted by atomic mass is 16.6. The van der Waals surface area contributed by atoms with Crippen LogP contribution in [0.3, 0.4) is 0 Å². The van der Waals surface area contributed by atoms with Gasteiger partial charge in [-0.1, -0.05) is 0 Å². The van der Waals surface area contributed by atoms with Crippen molar-refractivity contribution in [2.24, 2.45) is 0 Å². The lowest BCUT2D eigenvalue weighted by Gasteiger charge is -2.35. The van der Waals surface area contributed by atoms with Gasteiger partial charge in [0.1, 0.15) is 11.8 Å². The van der Waals surface area contributed by atoms with E-state index in [1.54, 1.807) is 20.8 Å². The smallest absolute Gasteiger partial charge is 0.409 e. The van der Waals surface area contributed by atoms with E-state index in [1.807, 2.05) is 0 Å².